The van der Waals surface area contributed by atoms with Gasteiger partial charge in [0.05, 0.1) is 32.2 Å². The SMILES string of the molecule is CC1(C)Cc2occc2[C@@H](NC[C@@H]2COC3(CCOCC3)O2)C1. The molecule has 0 radical (unpaired) electrons. The topological polar surface area (TPSA) is 52.9 Å². The molecule has 5 heteroatoms. The molecule has 0 saturated carbocycles. The van der Waals surface area contributed by atoms with Crippen LogP contribution in [0.25, 0.3) is 0 Å². The molecule has 2 aliphatic heterocycles. The van der Waals surface area contributed by atoms with Gasteiger partial charge in [-0.15, -0.1) is 0 Å². The third kappa shape index (κ3) is 3.20. The average molecular weight is 321 g/mol. The molecule has 4 rings (SSSR count). The lowest BCUT2D eigenvalue weighted by Gasteiger charge is -2.35. The summed E-state index contributed by atoms with van der Waals surface area (Å²) in [5, 5.41) is 3.69. The predicted molar refractivity (Wildman–Crippen MR) is 85.2 cm³/mol. The molecule has 2 saturated heterocycles. The van der Waals surface area contributed by atoms with Crippen molar-refractivity contribution in [3.8, 4) is 0 Å². The van der Waals surface area contributed by atoms with Crippen LogP contribution in [-0.4, -0.2) is 38.3 Å². The molecule has 0 bridgehead atoms. The predicted octanol–water partition coefficient (Wildman–Crippen LogP) is 2.80. The van der Waals surface area contributed by atoms with Crippen LogP contribution in [0.1, 0.15) is 50.5 Å². The number of hydrogen-bond acceptors (Lipinski definition) is 5. The van der Waals surface area contributed by atoms with Crippen LogP contribution in [0.4, 0.5) is 0 Å². The highest BCUT2D eigenvalue weighted by Crippen LogP contribution is 2.41. The van der Waals surface area contributed by atoms with E-state index in [0.29, 0.717) is 12.6 Å². The summed E-state index contributed by atoms with van der Waals surface area (Å²) in [6, 6.07) is 2.44. The Morgan fingerprint density at radius 2 is 2.09 bits per heavy atom. The summed E-state index contributed by atoms with van der Waals surface area (Å²) in [6.07, 6.45) is 5.74. The van der Waals surface area contributed by atoms with Crippen LogP contribution in [-0.2, 0) is 20.6 Å². The zero-order valence-corrected chi connectivity index (χ0v) is 14.1. The maximum absolute atomic E-state index is 6.21. The van der Waals surface area contributed by atoms with Crippen molar-refractivity contribution in [2.24, 2.45) is 5.41 Å². The number of rotatable bonds is 3. The first kappa shape index (κ1) is 15.6. The molecule has 0 amide bonds. The van der Waals surface area contributed by atoms with Gasteiger partial charge in [0, 0.05) is 37.4 Å². The van der Waals surface area contributed by atoms with E-state index in [-0.39, 0.29) is 11.5 Å². The van der Waals surface area contributed by atoms with Gasteiger partial charge in [0.15, 0.2) is 5.79 Å². The highest BCUT2D eigenvalue weighted by atomic mass is 16.7. The second-order valence-corrected chi connectivity index (χ2v) is 7.88. The summed E-state index contributed by atoms with van der Waals surface area (Å²) in [5.41, 5.74) is 1.57. The van der Waals surface area contributed by atoms with Crippen molar-refractivity contribution in [3.05, 3.63) is 23.7 Å². The van der Waals surface area contributed by atoms with Gasteiger partial charge in [0.25, 0.3) is 0 Å². The molecule has 1 aromatic heterocycles. The zero-order valence-electron chi connectivity index (χ0n) is 14.1. The largest absolute Gasteiger partial charge is 0.469 e. The van der Waals surface area contributed by atoms with Gasteiger partial charge in [-0.1, -0.05) is 13.8 Å². The molecule has 1 N–H and O–H groups in total. The Labute approximate surface area is 137 Å². The lowest BCUT2D eigenvalue weighted by Crippen LogP contribution is -2.40. The minimum Gasteiger partial charge on any atom is -0.469 e. The van der Waals surface area contributed by atoms with E-state index in [1.54, 1.807) is 0 Å². The fraction of sp³-hybridized carbons (Fsp3) is 0.778. The van der Waals surface area contributed by atoms with Gasteiger partial charge in [-0.3, -0.25) is 0 Å². The minimum absolute atomic E-state index is 0.119. The van der Waals surface area contributed by atoms with E-state index >= 15 is 0 Å². The van der Waals surface area contributed by atoms with Crippen molar-refractivity contribution in [3.63, 3.8) is 0 Å². The van der Waals surface area contributed by atoms with Crippen LogP contribution in [0.3, 0.4) is 0 Å². The van der Waals surface area contributed by atoms with Gasteiger partial charge in [0.2, 0.25) is 0 Å². The standard InChI is InChI=1S/C18H27NO4/c1-17(2)9-15(14-3-6-21-16(14)10-17)19-11-13-12-22-18(23-13)4-7-20-8-5-18/h3,6,13,15,19H,4-5,7-12H2,1-2H3/t13-,15+/m1/s1. The third-order valence-corrected chi connectivity index (χ3v) is 5.31. The highest BCUT2D eigenvalue weighted by Gasteiger charge is 2.43. The van der Waals surface area contributed by atoms with E-state index < -0.39 is 5.79 Å². The molecule has 0 aromatic carbocycles. The molecule has 1 spiro atoms. The fourth-order valence-corrected chi connectivity index (χ4v) is 4.09. The molecule has 1 aliphatic carbocycles. The van der Waals surface area contributed by atoms with Crippen LogP contribution in [0.15, 0.2) is 16.7 Å². The Kier molecular flexibility index (Phi) is 4.00. The van der Waals surface area contributed by atoms with Crippen molar-refractivity contribution < 1.29 is 18.6 Å². The first-order chi connectivity index (χ1) is 11.1. The molecule has 3 aliphatic rings. The molecule has 23 heavy (non-hydrogen) atoms. The summed E-state index contributed by atoms with van der Waals surface area (Å²) < 4.78 is 23.3. The average Bonchev–Trinajstić information content (AvgIpc) is 3.12. The molecule has 128 valence electrons. The smallest absolute Gasteiger partial charge is 0.173 e. The van der Waals surface area contributed by atoms with Crippen molar-refractivity contribution in [1.29, 1.82) is 0 Å². The maximum atomic E-state index is 6.21. The number of furan rings is 1. The second kappa shape index (κ2) is 5.88. The number of fused-ring (bicyclic) bond motifs is 1. The Morgan fingerprint density at radius 1 is 1.26 bits per heavy atom. The maximum Gasteiger partial charge on any atom is 0.173 e. The van der Waals surface area contributed by atoms with E-state index in [2.05, 4.69) is 25.2 Å². The van der Waals surface area contributed by atoms with E-state index in [9.17, 15) is 0 Å². The van der Waals surface area contributed by atoms with Crippen LogP contribution < -0.4 is 5.32 Å². The molecule has 1 aromatic rings. The normalized spacial score (nSPS) is 32.1. The minimum atomic E-state index is -0.392. The number of ether oxygens (including phenoxy) is 3. The Balaban J connectivity index is 1.37. The molecule has 3 heterocycles. The molecule has 2 fully saturated rings. The van der Waals surface area contributed by atoms with E-state index in [0.717, 1.165) is 51.2 Å². The van der Waals surface area contributed by atoms with E-state index in [1.165, 1.54) is 5.56 Å². The van der Waals surface area contributed by atoms with Crippen LogP contribution >= 0.6 is 0 Å². The monoisotopic (exact) mass is 321 g/mol. The lowest BCUT2D eigenvalue weighted by molar-refractivity contribution is -0.210. The molecular weight excluding hydrogens is 294 g/mol. The van der Waals surface area contributed by atoms with Gasteiger partial charge in [-0.05, 0) is 17.9 Å². The van der Waals surface area contributed by atoms with Gasteiger partial charge < -0.3 is 23.9 Å². The zero-order chi connectivity index (χ0) is 15.9. The van der Waals surface area contributed by atoms with Crippen molar-refractivity contribution in [2.45, 2.75) is 57.5 Å². The summed E-state index contributed by atoms with van der Waals surface area (Å²) >= 11 is 0. The van der Waals surface area contributed by atoms with Gasteiger partial charge in [-0.2, -0.15) is 0 Å². The third-order valence-electron chi connectivity index (χ3n) is 5.31. The summed E-state index contributed by atoms with van der Waals surface area (Å²) in [7, 11) is 0. The van der Waals surface area contributed by atoms with Crippen LogP contribution in [0, 0.1) is 5.41 Å². The van der Waals surface area contributed by atoms with Crippen LogP contribution in [0.2, 0.25) is 0 Å². The molecule has 5 nitrogen and oxygen atoms in total. The Hall–Kier alpha value is -0.880. The van der Waals surface area contributed by atoms with Crippen molar-refractivity contribution in [2.75, 3.05) is 26.4 Å². The summed E-state index contributed by atoms with van der Waals surface area (Å²) in [5.74, 6) is 0.736. The van der Waals surface area contributed by atoms with Crippen molar-refractivity contribution in [1.82, 2.24) is 5.32 Å². The first-order valence-corrected chi connectivity index (χ1v) is 8.75. The summed E-state index contributed by atoms with van der Waals surface area (Å²) in [4.78, 5) is 0. The fourth-order valence-electron chi connectivity index (χ4n) is 4.09. The lowest BCUT2D eigenvalue weighted by atomic mass is 9.75. The Morgan fingerprint density at radius 3 is 2.91 bits per heavy atom. The number of nitrogens with one attached hydrogen (secondary N) is 1. The quantitative estimate of drug-likeness (QED) is 0.928. The number of hydrogen-bond donors (Lipinski definition) is 1. The molecule has 2 atom stereocenters. The Bertz CT molecular complexity index is 547. The van der Waals surface area contributed by atoms with Gasteiger partial charge in [0.1, 0.15) is 5.76 Å². The van der Waals surface area contributed by atoms with Gasteiger partial charge in [-0.25, -0.2) is 0 Å². The molecule has 0 unspecified atom stereocenters. The van der Waals surface area contributed by atoms with E-state index in [4.69, 9.17) is 18.6 Å². The first-order valence-electron chi connectivity index (χ1n) is 8.75. The second-order valence-electron chi connectivity index (χ2n) is 7.88. The highest BCUT2D eigenvalue weighted by molar-refractivity contribution is 5.26. The summed E-state index contributed by atoms with van der Waals surface area (Å²) in [6.45, 7) is 7.55. The van der Waals surface area contributed by atoms with Crippen LogP contribution in [0.5, 0.6) is 0 Å². The van der Waals surface area contributed by atoms with E-state index in [1.807, 2.05) is 6.26 Å². The van der Waals surface area contributed by atoms with Crippen molar-refractivity contribution >= 4 is 0 Å². The van der Waals surface area contributed by atoms with Gasteiger partial charge >= 0.3 is 0 Å². The molecular formula is C18H27NO4.